The van der Waals surface area contributed by atoms with Crippen LogP contribution in [0.4, 0.5) is 11.4 Å². The van der Waals surface area contributed by atoms with E-state index in [0.717, 1.165) is 17.7 Å². The molecule has 67 heavy (non-hydrogen) atoms. The number of hydrogen-bond donors (Lipinski definition) is 2. The summed E-state index contributed by atoms with van der Waals surface area (Å²) in [5, 5.41) is 15.6. The summed E-state index contributed by atoms with van der Waals surface area (Å²) < 4.78 is 60.4. The molecule has 372 valence electrons. The first-order valence-electron chi connectivity index (χ1n) is 22.6. The van der Waals surface area contributed by atoms with Crippen LogP contribution < -0.4 is 15.4 Å². The van der Waals surface area contributed by atoms with Crippen LogP contribution in [0, 0.1) is 10.1 Å². The Bertz CT molecular complexity index is 1800. The standard InChI is InChI=1S/C45H64N4O18/c50-40(46-38-6-4-5-37-42(38)45(54)48(44(37)53)39-12-13-41(51)47-43(39)52)7-2-1-3-14-57-15-16-58-17-18-59-19-20-60-21-22-61-23-24-62-25-26-63-27-28-64-29-30-65-31-32-66-33-34-67-36-10-8-35(9-11-36)49(55)56/h4-6,8-11,39H,1-3,7,12-34H2,(H,46,50)(H,47,51,52). The number of imide groups is 2. The van der Waals surface area contributed by atoms with Crippen molar-refractivity contribution in [3.8, 4) is 5.75 Å². The van der Waals surface area contributed by atoms with Gasteiger partial charge in [0.15, 0.2) is 0 Å². The number of nitro benzene ring substituents is 1. The van der Waals surface area contributed by atoms with Gasteiger partial charge in [-0.3, -0.25) is 44.3 Å². The molecule has 22 heteroatoms. The molecule has 5 amide bonds. The van der Waals surface area contributed by atoms with Crippen LogP contribution in [0.15, 0.2) is 42.5 Å². The van der Waals surface area contributed by atoms with E-state index in [0.29, 0.717) is 151 Å². The molecular formula is C45H64N4O18. The van der Waals surface area contributed by atoms with Gasteiger partial charge in [0.1, 0.15) is 18.4 Å². The average molecular weight is 949 g/mol. The van der Waals surface area contributed by atoms with E-state index in [1.165, 1.54) is 18.2 Å². The molecule has 0 spiro atoms. The van der Waals surface area contributed by atoms with E-state index in [4.69, 9.17) is 52.1 Å². The third-order valence-corrected chi connectivity index (χ3v) is 9.83. The second-order valence-electron chi connectivity index (χ2n) is 14.8. The second-order valence-corrected chi connectivity index (χ2v) is 14.8. The predicted octanol–water partition coefficient (Wildman–Crippen LogP) is 2.74. The van der Waals surface area contributed by atoms with E-state index < -0.39 is 34.6 Å². The van der Waals surface area contributed by atoms with Crippen LogP contribution in [0.2, 0.25) is 0 Å². The zero-order valence-corrected chi connectivity index (χ0v) is 38.0. The van der Waals surface area contributed by atoms with Crippen LogP contribution in [0.1, 0.15) is 59.2 Å². The Balaban J connectivity index is 0.805. The van der Waals surface area contributed by atoms with E-state index in [2.05, 4.69) is 10.6 Å². The number of non-ortho nitro benzene ring substituents is 1. The minimum Gasteiger partial charge on any atom is -0.491 e. The maximum atomic E-state index is 13.2. The molecule has 22 nitrogen and oxygen atoms in total. The SMILES string of the molecule is O=C1CCC(N2C(=O)c3cccc(NC(=O)CCCCCOCCOCCOCCOCCOCCOCCOCCOCCOCCOCCOc4ccc([N+](=O)[O-])cc4)c3C2=O)C(=O)N1. The van der Waals surface area contributed by atoms with Crippen molar-refractivity contribution in [1.82, 2.24) is 10.2 Å². The van der Waals surface area contributed by atoms with Crippen LogP contribution >= 0.6 is 0 Å². The number of unbranched alkanes of at least 4 members (excludes halogenated alkanes) is 2. The number of ether oxygens (including phenoxy) is 11. The van der Waals surface area contributed by atoms with E-state index in [1.54, 1.807) is 24.3 Å². The van der Waals surface area contributed by atoms with Crippen LogP contribution in [-0.2, 0) is 61.8 Å². The minimum atomic E-state index is -1.08. The molecule has 2 aromatic carbocycles. The summed E-state index contributed by atoms with van der Waals surface area (Å²) in [6.45, 7) is 9.21. The average Bonchev–Trinajstić information content (AvgIpc) is 3.57. The van der Waals surface area contributed by atoms with E-state index in [9.17, 15) is 34.1 Å². The fraction of sp³-hybridized carbons (Fsp3) is 0.622. The molecule has 4 rings (SSSR count). The van der Waals surface area contributed by atoms with Crippen molar-refractivity contribution in [2.45, 2.75) is 44.6 Å². The molecule has 1 fully saturated rings. The molecular weight excluding hydrogens is 885 g/mol. The Morgan fingerprint density at radius 2 is 1.06 bits per heavy atom. The number of anilines is 1. The number of carbonyl (C=O) groups excluding carboxylic acids is 5. The summed E-state index contributed by atoms with van der Waals surface area (Å²) in [7, 11) is 0. The minimum absolute atomic E-state index is 0.0142. The van der Waals surface area contributed by atoms with Crippen LogP contribution in [-0.4, -0.2) is 184 Å². The molecule has 1 atom stereocenters. The smallest absolute Gasteiger partial charge is 0.269 e. The van der Waals surface area contributed by atoms with Gasteiger partial charge >= 0.3 is 0 Å². The Kier molecular flexibility index (Phi) is 27.3. The summed E-state index contributed by atoms with van der Waals surface area (Å²) >= 11 is 0. The number of carbonyl (C=O) groups is 5. The number of benzene rings is 2. The third-order valence-electron chi connectivity index (χ3n) is 9.83. The molecule has 1 unspecified atom stereocenters. The second kappa shape index (κ2) is 33.5. The Labute approximate surface area is 389 Å². The maximum absolute atomic E-state index is 13.2. The molecule has 0 aromatic heterocycles. The monoisotopic (exact) mass is 948 g/mol. The lowest BCUT2D eigenvalue weighted by molar-refractivity contribution is -0.384. The number of nitrogens with one attached hydrogen (secondary N) is 2. The molecule has 0 bridgehead atoms. The lowest BCUT2D eigenvalue weighted by atomic mass is 10.0. The normalized spacial score (nSPS) is 14.7. The van der Waals surface area contributed by atoms with Gasteiger partial charge in [0.25, 0.3) is 17.5 Å². The fourth-order valence-electron chi connectivity index (χ4n) is 6.46. The van der Waals surface area contributed by atoms with Gasteiger partial charge in [-0.1, -0.05) is 12.5 Å². The first-order chi connectivity index (χ1) is 32.8. The number of rotatable bonds is 40. The van der Waals surface area contributed by atoms with Crippen molar-refractivity contribution < 1.29 is 81.0 Å². The molecule has 2 aliphatic heterocycles. The Hall–Kier alpha value is -5.01. The van der Waals surface area contributed by atoms with Crippen LogP contribution in [0.5, 0.6) is 5.75 Å². The molecule has 2 N–H and O–H groups in total. The van der Waals surface area contributed by atoms with Gasteiger partial charge in [-0.2, -0.15) is 0 Å². The third kappa shape index (κ3) is 21.7. The highest BCUT2D eigenvalue weighted by molar-refractivity contribution is 6.26. The maximum Gasteiger partial charge on any atom is 0.269 e. The summed E-state index contributed by atoms with van der Waals surface area (Å²) in [5.41, 5.74) is 0.378. The molecule has 0 radical (unpaired) electrons. The zero-order chi connectivity index (χ0) is 47.7. The highest BCUT2D eigenvalue weighted by Crippen LogP contribution is 2.32. The van der Waals surface area contributed by atoms with Crippen molar-refractivity contribution >= 4 is 40.9 Å². The first kappa shape index (κ1) is 54.6. The van der Waals surface area contributed by atoms with Gasteiger partial charge in [0, 0.05) is 31.6 Å². The van der Waals surface area contributed by atoms with Gasteiger partial charge in [0.05, 0.1) is 147 Å². The molecule has 2 aromatic rings. The zero-order valence-electron chi connectivity index (χ0n) is 38.0. The van der Waals surface area contributed by atoms with Crippen LogP contribution in [0.3, 0.4) is 0 Å². The van der Waals surface area contributed by atoms with Gasteiger partial charge in [-0.05, 0) is 43.5 Å². The number of nitro groups is 1. The van der Waals surface area contributed by atoms with Crippen molar-refractivity contribution in [1.29, 1.82) is 0 Å². The molecule has 0 aliphatic carbocycles. The van der Waals surface area contributed by atoms with Gasteiger partial charge in [-0.15, -0.1) is 0 Å². The summed E-state index contributed by atoms with van der Waals surface area (Å²) in [5.74, 6) is -2.20. The highest BCUT2D eigenvalue weighted by Gasteiger charge is 2.45. The van der Waals surface area contributed by atoms with Gasteiger partial charge < -0.3 is 57.4 Å². The van der Waals surface area contributed by atoms with E-state index in [1.807, 2.05) is 0 Å². The topological polar surface area (TPSA) is 257 Å². The Morgan fingerprint density at radius 3 is 1.52 bits per heavy atom. The summed E-state index contributed by atoms with van der Waals surface area (Å²) in [4.78, 5) is 73.8. The fourth-order valence-corrected chi connectivity index (χ4v) is 6.46. The first-order valence-corrected chi connectivity index (χ1v) is 22.6. The number of hydrogen-bond acceptors (Lipinski definition) is 18. The lowest BCUT2D eigenvalue weighted by Crippen LogP contribution is -2.54. The van der Waals surface area contributed by atoms with Crippen molar-refractivity contribution in [2.75, 3.05) is 144 Å². The molecule has 1 saturated heterocycles. The lowest BCUT2D eigenvalue weighted by Gasteiger charge is -2.27. The van der Waals surface area contributed by atoms with Crippen molar-refractivity contribution in [3.63, 3.8) is 0 Å². The van der Waals surface area contributed by atoms with Crippen LogP contribution in [0.25, 0.3) is 0 Å². The summed E-state index contributed by atoms with van der Waals surface area (Å²) in [6.07, 6.45) is 2.40. The molecule has 0 saturated carbocycles. The number of piperidine rings is 1. The molecule has 2 heterocycles. The highest BCUT2D eigenvalue weighted by atomic mass is 16.6. The van der Waals surface area contributed by atoms with E-state index in [-0.39, 0.29) is 47.7 Å². The van der Waals surface area contributed by atoms with Crippen molar-refractivity contribution in [3.05, 3.63) is 63.7 Å². The van der Waals surface area contributed by atoms with E-state index >= 15 is 0 Å². The quantitative estimate of drug-likeness (QED) is 0.0421. The Morgan fingerprint density at radius 1 is 0.597 bits per heavy atom. The van der Waals surface area contributed by atoms with Crippen molar-refractivity contribution in [2.24, 2.45) is 0 Å². The summed E-state index contributed by atoms with van der Waals surface area (Å²) in [6, 6.07) is 9.38. The van der Waals surface area contributed by atoms with Gasteiger partial charge in [-0.25, -0.2) is 0 Å². The number of fused-ring (bicyclic) bond motifs is 1. The molecule has 2 aliphatic rings. The predicted molar refractivity (Wildman–Crippen MR) is 237 cm³/mol. The number of nitrogens with zero attached hydrogens (tertiary/aromatic N) is 2. The van der Waals surface area contributed by atoms with Gasteiger partial charge in [0.2, 0.25) is 17.7 Å². The number of amides is 5. The largest absolute Gasteiger partial charge is 0.491 e.